The lowest BCUT2D eigenvalue weighted by Gasteiger charge is -2.36. The van der Waals surface area contributed by atoms with E-state index in [2.05, 4.69) is 10.6 Å². The highest BCUT2D eigenvalue weighted by Gasteiger charge is 2.55. The summed E-state index contributed by atoms with van der Waals surface area (Å²) in [6.45, 7) is 13.8. The minimum absolute atomic E-state index is 0.213. The smallest absolute Gasteiger partial charge is 0.329 e. The largest absolute Gasteiger partial charge is 0.450 e. The number of rotatable bonds is 5. The summed E-state index contributed by atoms with van der Waals surface area (Å²) in [7, 11) is 1.41. The molecule has 1 aliphatic carbocycles. The maximum absolute atomic E-state index is 13.9. The molecular formula is C31H50N4O9. The zero-order valence-electron chi connectivity index (χ0n) is 27.4. The van der Waals surface area contributed by atoms with Crippen molar-refractivity contribution < 1.29 is 43.3 Å². The van der Waals surface area contributed by atoms with E-state index in [-0.39, 0.29) is 19.4 Å². The molecule has 0 aromatic heterocycles. The summed E-state index contributed by atoms with van der Waals surface area (Å²) in [5.41, 5.74) is -1.51. The van der Waals surface area contributed by atoms with Gasteiger partial charge in [-0.1, -0.05) is 55.4 Å². The number of aliphatic hydroxyl groups is 1. The Kier molecular flexibility index (Phi) is 11.1. The van der Waals surface area contributed by atoms with Gasteiger partial charge in [0.1, 0.15) is 24.2 Å². The number of esters is 2. The van der Waals surface area contributed by atoms with E-state index in [4.69, 9.17) is 9.47 Å². The molecule has 6 atom stereocenters. The van der Waals surface area contributed by atoms with Gasteiger partial charge in [-0.25, -0.2) is 9.59 Å². The number of nitrogens with one attached hydrogen (secondary N) is 2. The first-order valence-electron chi connectivity index (χ1n) is 15.7. The Morgan fingerprint density at radius 1 is 0.750 bits per heavy atom. The lowest BCUT2D eigenvalue weighted by Crippen LogP contribution is -2.61. The topological polar surface area (TPSA) is 172 Å². The van der Waals surface area contributed by atoms with Crippen LogP contribution in [0.2, 0.25) is 0 Å². The lowest BCUT2D eigenvalue weighted by atomic mass is 9.98. The number of carbonyl (C=O) groups excluding carboxylic acids is 6. The minimum atomic E-state index is -1.51. The molecule has 13 heteroatoms. The van der Waals surface area contributed by atoms with Crippen LogP contribution in [0.4, 0.5) is 0 Å². The summed E-state index contributed by atoms with van der Waals surface area (Å²) in [4.78, 5) is 84.4. The average Bonchev–Trinajstić information content (AvgIpc) is 3.47. The van der Waals surface area contributed by atoms with Crippen LogP contribution in [-0.4, -0.2) is 106 Å². The molecule has 3 N–H and O–H groups in total. The van der Waals surface area contributed by atoms with Crippen LogP contribution in [0, 0.1) is 23.7 Å². The number of hydrogen-bond donors (Lipinski definition) is 3. The second-order valence-electron chi connectivity index (χ2n) is 13.8. The van der Waals surface area contributed by atoms with Gasteiger partial charge < -0.3 is 35.0 Å². The summed E-state index contributed by atoms with van der Waals surface area (Å²) in [5.74, 6) is -6.11. The van der Waals surface area contributed by atoms with Gasteiger partial charge in [-0.2, -0.15) is 0 Å². The Labute approximate surface area is 259 Å². The SMILES string of the molecule is CC(C)[C@@H]1OC(=O)[C@@H](C(C)C)N(C)C(=O)[C@H](C(C)C)OC(=O)[C@@H](C(C)C)NC(=O)[C@@H]2CCCN2C(=O)[C@@H](C2(O)CC2)NC1=O. The molecule has 0 aromatic carbocycles. The molecule has 4 amide bonds. The number of amides is 4. The lowest BCUT2D eigenvalue weighted by molar-refractivity contribution is -0.174. The van der Waals surface area contributed by atoms with E-state index in [0.717, 1.165) is 0 Å². The molecule has 0 bridgehead atoms. The van der Waals surface area contributed by atoms with Gasteiger partial charge in [0.25, 0.3) is 11.8 Å². The van der Waals surface area contributed by atoms with Crippen LogP contribution in [0.1, 0.15) is 81.1 Å². The van der Waals surface area contributed by atoms with Gasteiger partial charge in [-0.05, 0) is 49.4 Å². The van der Waals surface area contributed by atoms with Gasteiger partial charge in [0, 0.05) is 13.6 Å². The second-order valence-corrected chi connectivity index (χ2v) is 13.8. The highest BCUT2D eigenvalue weighted by molar-refractivity contribution is 5.97. The standard InChI is InChI=1S/C31H50N4O9/c1-15(2)20-29(40)44-23(18(7)8)27(38)34(9)21(16(3)4)30(41)43-22(17(5)6)26(37)33-24(31(42)12-13-31)28(39)35-14-10-11-19(35)25(36)32-20/h15-24,42H,10-14H2,1-9H3,(H,32,36)(H,33,37)/t19-,20+,21+,22-,23-,24-/m0/s1. The van der Waals surface area contributed by atoms with Crippen molar-refractivity contribution in [3.05, 3.63) is 0 Å². The Morgan fingerprint density at radius 3 is 1.82 bits per heavy atom. The van der Waals surface area contributed by atoms with E-state index >= 15 is 0 Å². The maximum atomic E-state index is 13.9. The molecule has 0 aromatic rings. The summed E-state index contributed by atoms with van der Waals surface area (Å²) in [5, 5.41) is 16.4. The molecule has 0 spiro atoms. The number of hydrogen-bond acceptors (Lipinski definition) is 9. The van der Waals surface area contributed by atoms with Crippen molar-refractivity contribution in [2.45, 2.75) is 123 Å². The van der Waals surface area contributed by atoms with Crippen molar-refractivity contribution >= 4 is 35.6 Å². The van der Waals surface area contributed by atoms with Gasteiger partial charge in [-0.3, -0.25) is 19.2 Å². The van der Waals surface area contributed by atoms with Crippen LogP contribution >= 0.6 is 0 Å². The molecule has 1 saturated carbocycles. The number of likely N-dealkylation sites (N-methyl/N-ethyl adjacent to an activating group) is 1. The highest BCUT2D eigenvalue weighted by Crippen LogP contribution is 2.40. The van der Waals surface area contributed by atoms with Crippen molar-refractivity contribution in [2.75, 3.05) is 13.6 Å². The van der Waals surface area contributed by atoms with Gasteiger partial charge >= 0.3 is 11.9 Å². The first-order valence-corrected chi connectivity index (χ1v) is 15.7. The highest BCUT2D eigenvalue weighted by atomic mass is 16.6. The Hall–Kier alpha value is -3.22. The third-order valence-corrected chi connectivity index (χ3v) is 8.73. The van der Waals surface area contributed by atoms with E-state index in [1.54, 1.807) is 55.4 Å². The molecule has 0 radical (unpaired) electrons. The monoisotopic (exact) mass is 622 g/mol. The molecular weight excluding hydrogens is 572 g/mol. The summed E-state index contributed by atoms with van der Waals surface area (Å²) >= 11 is 0. The third kappa shape index (κ3) is 7.52. The molecule has 3 aliphatic rings. The van der Waals surface area contributed by atoms with Gasteiger partial charge in [0.05, 0.1) is 5.60 Å². The second kappa shape index (κ2) is 13.8. The van der Waals surface area contributed by atoms with Gasteiger partial charge in [-0.15, -0.1) is 0 Å². The van der Waals surface area contributed by atoms with Gasteiger partial charge in [0.2, 0.25) is 11.8 Å². The van der Waals surface area contributed by atoms with Gasteiger partial charge in [0.15, 0.2) is 12.2 Å². The van der Waals surface area contributed by atoms with E-state index in [9.17, 15) is 33.9 Å². The third-order valence-electron chi connectivity index (χ3n) is 8.73. The fourth-order valence-corrected chi connectivity index (χ4v) is 5.86. The molecule has 2 saturated heterocycles. The molecule has 3 fully saturated rings. The molecule has 248 valence electrons. The van der Waals surface area contributed by atoms with Crippen molar-refractivity contribution in [2.24, 2.45) is 23.7 Å². The Morgan fingerprint density at radius 2 is 1.32 bits per heavy atom. The van der Waals surface area contributed by atoms with Crippen molar-refractivity contribution in [3.63, 3.8) is 0 Å². The van der Waals surface area contributed by atoms with E-state index < -0.39 is 101 Å². The van der Waals surface area contributed by atoms with Crippen molar-refractivity contribution in [1.82, 2.24) is 20.4 Å². The predicted octanol–water partition coefficient (Wildman–Crippen LogP) is 0.760. The first-order chi connectivity index (χ1) is 20.4. The van der Waals surface area contributed by atoms with Crippen LogP contribution in [-0.2, 0) is 38.2 Å². The number of carbonyl (C=O) groups is 6. The summed E-state index contributed by atoms with van der Waals surface area (Å²) in [6, 6.07) is -4.58. The minimum Gasteiger partial charge on any atom is -0.450 e. The number of nitrogens with zero attached hydrogens (tertiary/aromatic N) is 2. The summed E-state index contributed by atoms with van der Waals surface area (Å²) < 4.78 is 11.5. The van der Waals surface area contributed by atoms with Crippen LogP contribution in [0.3, 0.4) is 0 Å². The zero-order chi connectivity index (χ0) is 33.3. The van der Waals surface area contributed by atoms with E-state index in [1.165, 1.54) is 16.8 Å². The Balaban J connectivity index is 2.10. The zero-order valence-corrected chi connectivity index (χ0v) is 27.4. The number of cyclic esters (lactones) is 2. The molecule has 44 heavy (non-hydrogen) atoms. The first kappa shape index (κ1) is 35.3. The Bertz CT molecular complexity index is 1130. The molecule has 13 nitrogen and oxygen atoms in total. The van der Waals surface area contributed by atoms with Crippen LogP contribution in [0.15, 0.2) is 0 Å². The van der Waals surface area contributed by atoms with Crippen molar-refractivity contribution in [3.8, 4) is 0 Å². The average molecular weight is 623 g/mol. The molecule has 3 rings (SSSR count). The van der Waals surface area contributed by atoms with E-state index in [0.29, 0.717) is 12.8 Å². The van der Waals surface area contributed by atoms with E-state index in [1.807, 2.05) is 0 Å². The predicted molar refractivity (Wildman–Crippen MR) is 158 cm³/mol. The van der Waals surface area contributed by atoms with Crippen LogP contribution in [0.25, 0.3) is 0 Å². The van der Waals surface area contributed by atoms with Crippen molar-refractivity contribution in [1.29, 1.82) is 0 Å². The maximum Gasteiger partial charge on any atom is 0.329 e. The molecule has 0 unspecified atom stereocenters. The number of fused-ring (bicyclic) bond motifs is 1. The summed E-state index contributed by atoms with van der Waals surface area (Å²) in [6.07, 6.45) is -1.27. The fourth-order valence-electron chi connectivity index (χ4n) is 5.86. The quantitative estimate of drug-likeness (QED) is 0.375. The fraction of sp³-hybridized carbons (Fsp3) is 0.806. The van der Waals surface area contributed by atoms with Crippen LogP contribution < -0.4 is 10.6 Å². The number of ether oxygens (including phenoxy) is 2. The van der Waals surface area contributed by atoms with Crippen LogP contribution in [0.5, 0.6) is 0 Å². The molecule has 2 aliphatic heterocycles. The molecule has 2 heterocycles. The normalized spacial score (nSPS) is 31.0.